The van der Waals surface area contributed by atoms with Crippen molar-refractivity contribution in [3.05, 3.63) is 65.5 Å². The number of ether oxygens (including phenoxy) is 2. The second kappa shape index (κ2) is 14.1. The summed E-state index contributed by atoms with van der Waals surface area (Å²) in [6, 6.07) is 10.8. The highest BCUT2D eigenvalue weighted by atomic mass is 16.6. The monoisotopic (exact) mass is 608 g/mol. The summed E-state index contributed by atoms with van der Waals surface area (Å²) in [5.74, 6) is -2.69. The maximum atomic E-state index is 14.1. The topological polar surface area (TPSA) is 166 Å². The van der Waals surface area contributed by atoms with Gasteiger partial charge in [-0.15, -0.1) is 0 Å². The number of benzene rings is 2. The molecule has 1 aliphatic rings. The molecule has 1 aliphatic heterocycles. The molecule has 2 heterocycles. The number of aliphatic hydroxyl groups excluding tert-OH is 1. The Bertz CT molecular complexity index is 1490. The number of carbonyl (C=O) groups excluding carboxylic acids is 4. The van der Waals surface area contributed by atoms with Crippen LogP contribution in [0.1, 0.15) is 68.5 Å². The van der Waals surface area contributed by atoms with Gasteiger partial charge in [0.1, 0.15) is 18.2 Å². The average Bonchev–Trinajstić information content (AvgIpc) is 3.66. The molecule has 1 fully saturated rings. The van der Waals surface area contributed by atoms with Crippen LogP contribution in [0.25, 0.3) is 11.1 Å². The number of hydrogen-bond acceptors (Lipinski definition) is 11. The molecule has 0 spiro atoms. The van der Waals surface area contributed by atoms with E-state index in [1.165, 1.54) is 13.2 Å². The highest BCUT2D eigenvalue weighted by Gasteiger charge is 2.46. The van der Waals surface area contributed by atoms with Crippen LogP contribution in [0.2, 0.25) is 0 Å². The van der Waals surface area contributed by atoms with Gasteiger partial charge in [-0.2, -0.15) is 4.90 Å². The van der Waals surface area contributed by atoms with E-state index in [-0.39, 0.29) is 29.9 Å². The third-order valence-corrected chi connectivity index (χ3v) is 7.88. The zero-order valence-corrected chi connectivity index (χ0v) is 25.6. The summed E-state index contributed by atoms with van der Waals surface area (Å²) in [4.78, 5) is 59.6. The highest BCUT2D eigenvalue weighted by Crippen LogP contribution is 2.34. The number of carbonyl (C=O) groups is 4. The lowest BCUT2D eigenvalue weighted by molar-refractivity contribution is -0.148. The summed E-state index contributed by atoms with van der Waals surface area (Å²) in [5, 5.41) is 11.6. The van der Waals surface area contributed by atoms with Gasteiger partial charge in [0.25, 0.3) is 11.8 Å². The predicted octanol–water partition coefficient (Wildman–Crippen LogP) is 3.81. The van der Waals surface area contributed by atoms with Crippen molar-refractivity contribution in [3.8, 4) is 0 Å². The summed E-state index contributed by atoms with van der Waals surface area (Å²) in [7, 11) is 1.28. The van der Waals surface area contributed by atoms with Crippen LogP contribution < -0.4 is 5.73 Å². The van der Waals surface area contributed by atoms with Gasteiger partial charge in [0, 0.05) is 6.04 Å². The lowest BCUT2D eigenvalue weighted by atomic mass is 9.95. The van der Waals surface area contributed by atoms with Crippen LogP contribution >= 0.6 is 0 Å². The van der Waals surface area contributed by atoms with E-state index in [0.717, 1.165) is 0 Å². The Morgan fingerprint density at radius 3 is 2.43 bits per heavy atom. The maximum Gasteiger partial charge on any atom is 0.423 e. The van der Waals surface area contributed by atoms with E-state index >= 15 is 0 Å². The predicted molar refractivity (Wildman–Crippen MR) is 160 cm³/mol. The summed E-state index contributed by atoms with van der Waals surface area (Å²) < 4.78 is 16.1. The molecular formula is C32H40N4O8. The van der Waals surface area contributed by atoms with Crippen molar-refractivity contribution in [1.29, 1.82) is 0 Å². The SMILES string of the molecule is COC(=O)c1ccc2nc(C(O)[C@H](C(C)C)N3CCC[C@H]3C(=O)N(C(=O)OCc3ccccc3)C(=O)[C@@H](N)C(C)C)oc2c1. The molecule has 1 saturated heterocycles. The zero-order valence-electron chi connectivity index (χ0n) is 25.6. The van der Waals surface area contributed by atoms with Gasteiger partial charge < -0.3 is 24.7 Å². The van der Waals surface area contributed by atoms with Gasteiger partial charge in [-0.3, -0.25) is 14.5 Å². The number of amides is 3. The molecule has 1 unspecified atom stereocenters. The van der Waals surface area contributed by atoms with Gasteiger partial charge in [-0.05, 0) is 55.0 Å². The molecule has 0 saturated carbocycles. The smallest absolute Gasteiger partial charge is 0.423 e. The lowest BCUT2D eigenvalue weighted by Gasteiger charge is -2.38. The molecule has 44 heavy (non-hydrogen) atoms. The van der Waals surface area contributed by atoms with Gasteiger partial charge in [-0.1, -0.05) is 58.0 Å². The Kier molecular flexibility index (Phi) is 10.5. The Hall–Kier alpha value is -4.13. The van der Waals surface area contributed by atoms with Gasteiger partial charge in [-0.25, -0.2) is 14.6 Å². The van der Waals surface area contributed by atoms with Gasteiger partial charge in [0.2, 0.25) is 5.89 Å². The minimum absolute atomic E-state index is 0.0100. The van der Waals surface area contributed by atoms with Crippen LogP contribution in [-0.4, -0.2) is 75.5 Å². The molecular weight excluding hydrogens is 568 g/mol. The number of fused-ring (bicyclic) bond motifs is 1. The third kappa shape index (κ3) is 6.98. The van der Waals surface area contributed by atoms with Crippen molar-refractivity contribution in [3.63, 3.8) is 0 Å². The summed E-state index contributed by atoms with van der Waals surface area (Å²) in [6.07, 6.45) is -1.45. The number of methoxy groups -OCH3 is 1. The fourth-order valence-corrected chi connectivity index (χ4v) is 5.46. The molecule has 12 heteroatoms. The fourth-order valence-electron chi connectivity index (χ4n) is 5.46. The second-order valence-electron chi connectivity index (χ2n) is 11.6. The van der Waals surface area contributed by atoms with E-state index in [1.54, 1.807) is 55.1 Å². The van der Waals surface area contributed by atoms with E-state index < -0.39 is 48.1 Å². The van der Waals surface area contributed by atoms with Crippen LogP contribution in [0.15, 0.2) is 52.9 Å². The Labute approximate surface area is 256 Å². The molecule has 0 aliphatic carbocycles. The van der Waals surface area contributed by atoms with E-state index in [9.17, 15) is 24.3 Å². The largest absolute Gasteiger partial charge is 0.465 e. The number of likely N-dealkylation sites (tertiary alicyclic amines) is 1. The number of esters is 1. The number of aromatic nitrogens is 1. The lowest BCUT2D eigenvalue weighted by Crippen LogP contribution is -2.58. The summed E-state index contributed by atoms with van der Waals surface area (Å²) in [5.41, 5.74) is 7.82. The van der Waals surface area contributed by atoms with E-state index in [2.05, 4.69) is 4.98 Å². The number of hydrogen-bond donors (Lipinski definition) is 2. The van der Waals surface area contributed by atoms with Crippen molar-refractivity contribution in [1.82, 2.24) is 14.8 Å². The molecule has 0 radical (unpaired) electrons. The van der Waals surface area contributed by atoms with Crippen LogP contribution in [0.4, 0.5) is 4.79 Å². The van der Waals surface area contributed by atoms with Crippen LogP contribution in [0.5, 0.6) is 0 Å². The minimum Gasteiger partial charge on any atom is -0.465 e. The Morgan fingerprint density at radius 2 is 1.80 bits per heavy atom. The first kappa shape index (κ1) is 32.8. The molecule has 3 amide bonds. The second-order valence-corrected chi connectivity index (χ2v) is 11.6. The number of nitrogens with two attached hydrogens (primary N) is 1. The number of oxazole rings is 1. The third-order valence-electron chi connectivity index (χ3n) is 7.88. The summed E-state index contributed by atoms with van der Waals surface area (Å²) >= 11 is 0. The quantitative estimate of drug-likeness (QED) is 0.321. The average molecular weight is 609 g/mol. The molecule has 2 aromatic carbocycles. The highest BCUT2D eigenvalue weighted by molar-refractivity contribution is 6.12. The molecule has 3 aromatic rings. The molecule has 0 bridgehead atoms. The van der Waals surface area contributed by atoms with E-state index in [4.69, 9.17) is 19.6 Å². The molecule has 236 valence electrons. The van der Waals surface area contributed by atoms with E-state index in [1.807, 2.05) is 19.9 Å². The first-order valence-electron chi connectivity index (χ1n) is 14.7. The number of nitrogens with zero attached hydrogens (tertiary/aromatic N) is 3. The van der Waals surface area contributed by atoms with Gasteiger partial charge >= 0.3 is 12.1 Å². The summed E-state index contributed by atoms with van der Waals surface area (Å²) in [6.45, 7) is 7.50. The normalized spacial score (nSPS) is 17.4. The maximum absolute atomic E-state index is 14.1. The van der Waals surface area contributed by atoms with Crippen molar-refractivity contribution in [2.45, 2.75) is 71.4 Å². The van der Waals surface area contributed by atoms with Crippen molar-refractivity contribution >= 4 is 35.0 Å². The first-order valence-corrected chi connectivity index (χ1v) is 14.7. The fraction of sp³-hybridized carbons (Fsp3) is 0.469. The van der Waals surface area contributed by atoms with Crippen LogP contribution in [0.3, 0.4) is 0 Å². The molecule has 4 atom stereocenters. The van der Waals surface area contributed by atoms with Crippen molar-refractivity contribution in [2.24, 2.45) is 17.6 Å². The van der Waals surface area contributed by atoms with Crippen LogP contribution in [0, 0.1) is 11.8 Å². The molecule has 4 rings (SSSR count). The number of aliphatic hydroxyl groups is 1. The Balaban J connectivity index is 1.62. The minimum atomic E-state index is -1.27. The van der Waals surface area contributed by atoms with E-state index in [0.29, 0.717) is 40.9 Å². The van der Waals surface area contributed by atoms with Gasteiger partial charge in [0.05, 0.1) is 24.8 Å². The first-order chi connectivity index (χ1) is 20.9. The van der Waals surface area contributed by atoms with Gasteiger partial charge in [0.15, 0.2) is 5.58 Å². The standard InChI is InChI=1S/C32H40N4O8/c1-18(2)25(33)30(39)36(32(41)43-17-20-10-7-6-8-11-20)29(38)23-12-9-15-35(23)26(19(3)4)27(37)28-34-22-14-13-21(31(40)42-5)16-24(22)44-28/h6-8,10-11,13-14,16,18-19,23,25-27,37H,9,12,15,17,33H2,1-5H3/t23-,25-,26-,27?/m0/s1. The van der Waals surface area contributed by atoms with Crippen molar-refractivity contribution < 1.29 is 38.2 Å². The number of imide groups is 3. The zero-order chi connectivity index (χ0) is 32.1. The molecule has 1 aromatic heterocycles. The Morgan fingerprint density at radius 1 is 1.09 bits per heavy atom. The van der Waals surface area contributed by atoms with Crippen LogP contribution in [-0.2, 0) is 25.7 Å². The molecule has 3 N–H and O–H groups in total. The van der Waals surface area contributed by atoms with Crippen molar-refractivity contribution in [2.75, 3.05) is 13.7 Å². The molecule has 12 nitrogen and oxygen atoms in total. The number of rotatable bonds is 10.